The Morgan fingerprint density at radius 2 is 1.96 bits per heavy atom. The molecule has 1 atom stereocenters. The number of carbonyl (C=O) groups excluding carboxylic acids is 1. The number of rotatable bonds is 4. The van der Waals surface area contributed by atoms with Gasteiger partial charge in [-0.1, -0.05) is 24.3 Å². The fraction of sp³-hybridized carbons (Fsp3) is 0.350. The number of methoxy groups -OCH3 is 1. The summed E-state index contributed by atoms with van der Waals surface area (Å²) in [6.07, 6.45) is 1.91. The van der Waals surface area contributed by atoms with E-state index >= 15 is 0 Å². The molecule has 0 bridgehead atoms. The van der Waals surface area contributed by atoms with E-state index in [9.17, 15) is 4.79 Å². The fourth-order valence-electron chi connectivity index (χ4n) is 3.12. The van der Waals surface area contributed by atoms with Gasteiger partial charge in [-0.25, -0.2) is 0 Å². The van der Waals surface area contributed by atoms with Gasteiger partial charge in [0.1, 0.15) is 0 Å². The van der Waals surface area contributed by atoms with Crippen LogP contribution in [-0.2, 0) is 12.8 Å². The van der Waals surface area contributed by atoms with E-state index < -0.39 is 0 Å². The summed E-state index contributed by atoms with van der Waals surface area (Å²) in [5.41, 5.74) is 3.15. The molecule has 0 radical (unpaired) electrons. The summed E-state index contributed by atoms with van der Waals surface area (Å²) in [6, 6.07) is 13.9. The lowest BCUT2D eigenvalue weighted by Gasteiger charge is -2.26. The number of fused-ring (bicyclic) bond motifs is 1. The molecule has 4 nitrogen and oxygen atoms in total. The van der Waals surface area contributed by atoms with Crippen molar-refractivity contribution < 1.29 is 14.3 Å². The molecule has 0 aromatic heterocycles. The van der Waals surface area contributed by atoms with E-state index in [2.05, 4.69) is 6.07 Å². The van der Waals surface area contributed by atoms with Crippen LogP contribution < -0.4 is 9.47 Å². The van der Waals surface area contributed by atoms with Crippen LogP contribution in [0.25, 0.3) is 0 Å². The maximum Gasteiger partial charge on any atom is 0.253 e. The van der Waals surface area contributed by atoms with Crippen LogP contribution in [0.3, 0.4) is 0 Å². The lowest BCUT2D eigenvalue weighted by Crippen LogP contribution is -2.23. The molecule has 1 amide bonds. The van der Waals surface area contributed by atoms with Gasteiger partial charge in [-0.15, -0.1) is 0 Å². The highest BCUT2D eigenvalue weighted by Gasteiger charge is 2.23. The summed E-state index contributed by atoms with van der Waals surface area (Å²) in [7, 11) is 5.20. The number of hydrogen-bond donors (Lipinski definition) is 0. The monoisotopic (exact) mass is 325 g/mol. The first-order valence-corrected chi connectivity index (χ1v) is 8.17. The molecule has 4 heteroatoms. The number of carbonyl (C=O) groups is 1. The second-order valence-electron chi connectivity index (χ2n) is 6.43. The zero-order chi connectivity index (χ0) is 17.1. The summed E-state index contributed by atoms with van der Waals surface area (Å²) < 4.78 is 11.3. The molecule has 0 aliphatic carbocycles. The van der Waals surface area contributed by atoms with Crippen molar-refractivity contribution in [3.05, 3.63) is 59.2 Å². The Bertz CT molecular complexity index is 722. The Kier molecular flexibility index (Phi) is 4.74. The molecule has 2 aromatic carbocycles. The minimum Gasteiger partial charge on any atom is -0.493 e. The molecule has 0 fully saturated rings. The largest absolute Gasteiger partial charge is 0.493 e. The highest BCUT2D eigenvalue weighted by molar-refractivity contribution is 5.93. The maximum atomic E-state index is 11.9. The first-order valence-electron chi connectivity index (χ1n) is 8.17. The molecule has 0 saturated heterocycles. The van der Waals surface area contributed by atoms with E-state index in [0.29, 0.717) is 12.5 Å². The zero-order valence-corrected chi connectivity index (χ0v) is 14.4. The molecule has 0 spiro atoms. The molecule has 3 rings (SSSR count). The Morgan fingerprint density at radius 3 is 2.62 bits per heavy atom. The highest BCUT2D eigenvalue weighted by Crippen LogP contribution is 2.36. The molecule has 1 aliphatic rings. The van der Waals surface area contributed by atoms with Gasteiger partial charge in [0.25, 0.3) is 5.91 Å². The van der Waals surface area contributed by atoms with Gasteiger partial charge in [0, 0.05) is 25.6 Å². The van der Waals surface area contributed by atoms with Gasteiger partial charge in [0.05, 0.1) is 13.7 Å². The van der Waals surface area contributed by atoms with Crippen molar-refractivity contribution in [2.75, 3.05) is 27.8 Å². The smallest absolute Gasteiger partial charge is 0.253 e. The molecule has 126 valence electrons. The molecule has 0 N–H and O–H groups in total. The normalized spacial score (nSPS) is 16.0. The third-order valence-corrected chi connectivity index (χ3v) is 4.38. The van der Waals surface area contributed by atoms with E-state index in [-0.39, 0.29) is 5.91 Å². The Balaban J connectivity index is 1.68. The van der Waals surface area contributed by atoms with Gasteiger partial charge >= 0.3 is 0 Å². The maximum absolute atomic E-state index is 11.9. The Hall–Kier alpha value is -2.49. The predicted octanol–water partition coefficient (Wildman–Crippen LogP) is 3.19. The van der Waals surface area contributed by atoms with E-state index in [0.717, 1.165) is 29.9 Å². The van der Waals surface area contributed by atoms with Crippen molar-refractivity contribution in [1.82, 2.24) is 4.90 Å². The van der Waals surface area contributed by atoms with Crippen molar-refractivity contribution in [2.45, 2.75) is 12.8 Å². The predicted molar refractivity (Wildman–Crippen MR) is 93.8 cm³/mol. The molecule has 1 unspecified atom stereocenters. The minimum absolute atomic E-state index is 0.0311. The van der Waals surface area contributed by atoms with Crippen molar-refractivity contribution in [3.8, 4) is 11.5 Å². The van der Waals surface area contributed by atoms with Gasteiger partial charge in [0.15, 0.2) is 11.5 Å². The number of nitrogens with zero attached hydrogens (tertiary/aromatic N) is 1. The molecule has 1 aliphatic heterocycles. The molecular formula is C20H23NO3. The number of para-hydroxylation sites is 1. The van der Waals surface area contributed by atoms with Gasteiger partial charge in [0.2, 0.25) is 0 Å². The first-order chi connectivity index (χ1) is 11.6. The third-order valence-electron chi connectivity index (χ3n) is 4.38. The van der Waals surface area contributed by atoms with Crippen LogP contribution in [0.15, 0.2) is 42.5 Å². The first kappa shape index (κ1) is 16.4. The van der Waals surface area contributed by atoms with Gasteiger partial charge < -0.3 is 14.4 Å². The van der Waals surface area contributed by atoms with E-state index in [1.54, 1.807) is 26.1 Å². The second kappa shape index (κ2) is 6.95. The summed E-state index contributed by atoms with van der Waals surface area (Å²) in [6.45, 7) is 0.686. The van der Waals surface area contributed by atoms with Crippen LogP contribution in [-0.4, -0.2) is 38.6 Å². The van der Waals surface area contributed by atoms with Crippen molar-refractivity contribution in [1.29, 1.82) is 0 Å². The van der Waals surface area contributed by atoms with Crippen LogP contribution in [0.1, 0.15) is 21.5 Å². The average Bonchev–Trinajstić information content (AvgIpc) is 2.61. The third kappa shape index (κ3) is 3.37. The summed E-state index contributed by atoms with van der Waals surface area (Å²) in [4.78, 5) is 13.5. The Labute approximate surface area is 143 Å². The van der Waals surface area contributed by atoms with E-state index in [1.165, 1.54) is 11.1 Å². The number of amides is 1. The van der Waals surface area contributed by atoms with Gasteiger partial charge in [-0.2, -0.15) is 0 Å². The Morgan fingerprint density at radius 1 is 1.21 bits per heavy atom. The van der Waals surface area contributed by atoms with Crippen molar-refractivity contribution in [2.24, 2.45) is 5.92 Å². The van der Waals surface area contributed by atoms with Crippen LogP contribution in [0.2, 0.25) is 0 Å². The van der Waals surface area contributed by atoms with E-state index in [1.807, 2.05) is 36.4 Å². The standard InChI is InChI=1S/C20H23NO3/c1-21(2)20(22)16-9-7-14(8-10-16)11-15-12-17-5-4-6-18(23-3)19(17)24-13-15/h4-10,15H,11-13H2,1-3H3. The highest BCUT2D eigenvalue weighted by atomic mass is 16.5. The fourth-order valence-corrected chi connectivity index (χ4v) is 3.12. The number of benzene rings is 2. The summed E-state index contributed by atoms with van der Waals surface area (Å²) >= 11 is 0. The van der Waals surface area contributed by atoms with Crippen molar-refractivity contribution >= 4 is 5.91 Å². The molecule has 24 heavy (non-hydrogen) atoms. The summed E-state index contributed by atoms with van der Waals surface area (Å²) in [5.74, 6) is 2.14. The van der Waals surface area contributed by atoms with Crippen LogP contribution >= 0.6 is 0 Å². The van der Waals surface area contributed by atoms with Crippen molar-refractivity contribution in [3.63, 3.8) is 0 Å². The zero-order valence-electron chi connectivity index (χ0n) is 14.4. The van der Waals surface area contributed by atoms with Crippen LogP contribution in [0.5, 0.6) is 11.5 Å². The lowest BCUT2D eigenvalue weighted by atomic mass is 9.90. The molecule has 1 heterocycles. The van der Waals surface area contributed by atoms with Gasteiger partial charge in [-0.05, 0) is 42.2 Å². The summed E-state index contributed by atoms with van der Waals surface area (Å²) in [5, 5.41) is 0. The molecule has 2 aromatic rings. The number of hydrogen-bond acceptors (Lipinski definition) is 3. The average molecular weight is 325 g/mol. The minimum atomic E-state index is 0.0311. The van der Waals surface area contributed by atoms with Gasteiger partial charge in [-0.3, -0.25) is 4.79 Å². The lowest BCUT2D eigenvalue weighted by molar-refractivity contribution is 0.0827. The quantitative estimate of drug-likeness (QED) is 0.866. The second-order valence-corrected chi connectivity index (χ2v) is 6.43. The molecule has 0 saturated carbocycles. The van der Waals surface area contributed by atoms with Crippen LogP contribution in [0, 0.1) is 5.92 Å². The topological polar surface area (TPSA) is 38.8 Å². The van der Waals surface area contributed by atoms with Crippen LogP contribution in [0.4, 0.5) is 0 Å². The number of ether oxygens (including phenoxy) is 2. The molecular weight excluding hydrogens is 302 g/mol. The SMILES string of the molecule is COc1cccc2c1OCC(Cc1ccc(C(=O)N(C)C)cc1)C2. The van der Waals surface area contributed by atoms with E-state index in [4.69, 9.17) is 9.47 Å².